The zero-order valence-electron chi connectivity index (χ0n) is 8.05. The van der Waals surface area contributed by atoms with Crippen molar-refractivity contribution in [3.63, 3.8) is 0 Å². The van der Waals surface area contributed by atoms with Crippen LogP contribution in [0.2, 0.25) is 0 Å². The van der Waals surface area contributed by atoms with Gasteiger partial charge in [0.1, 0.15) is 0 Å². The van der Waals surface area contributed by atoms with E-state index in [9.17, 15) is 0 Å². The molecule has 0 saturated carbocycles. The standard InChI is InChI=1S/C10H17NO/c1-10(2,5-6-11-3)9-4-7-12-8-9/h4,7-8,11H,5-6H2,1-3H3. The highest BCUT2D eigenvalue weighted by Gasteiger charge is 2.20. The topological polar surface area (TPSA) is 25.2 Å². The lowest BCUT2D eigenvalue weighted by molar-refractivity contribution is 0.459. The van der Waals surface area contributed by atoms with Crippen molar-refractivity contribution in [2.24, 2.45) is 0 Å². The summed E-state index contributed by atoms with van der Waals surface area (Å²) in [7, 11) is 1.98. The molecule has 0 bridgehead atoms. The van der Waals surface area contributed by atoms with Crippen LogP contribution in [0, 0.1) is 0 Å². The lowest BCUT2D eigenvalue weighted by Crippen LogP contribution is -2.22. The first-order valence-electron chi connectivity index (χ1n) is 4.34. The third-order valence-corrected chi connectivity index (χ3v) is 2.30. The van der Waals surface area contributed by atoms with Crippen LogP contribution in [0.15, 0.2) is 23.0 Å². The van der Waals surface area contributed by atoms with Crippen LogP contribution in [0.4, 0.5) is 0 Å². The minimum absolute atomic E-state index is 0.218. The van der Waals surface area contributed by atoms with Crippen LogP contribution in [0.3, 0.4) is 0 Å². The Labute approximate surface area is 74.0 Å². The smallest absolute Gasteiger partial charge is 0.0939 e. The quantitative estimate of drug-likeness (QED) is 0.743. The Morgan fingerprint density at radius 3 is 2.75 bits per heavy atom. The van der Waals surface area contributed by atoms with Gasteiger partial charge in [-0.15, -0.1) is 0 Å². The van der Waals surface area contributed by atoms with Crippen LogP contribution >= 0.6 is 0 Å². The van der Waals surface area contributed by atoms with E-state index in [4.69, 9.17) is 4.42 Å². The second-order valence-electron chi connectivity index (χ2n) is 3.75. The SMILES string of the molecule is CNCCC(C)(C)c1ccoc1. The lowest BCUT2D eigenvalue weighted by atomic mass is 9.83. The highest BCUT2D eigenvalue weighted by atomic mass is 16.3. The average Bonchev–Trinajstić information content (AvgIpc) is 2.53. The second-order valence-corrected chi connectivity index (χ2v) is 3.75. The predicted molar refractivity (Wildman–Crippen MR) is 50.3 cm³/mol. The maximum Gasteiger partial charge on any atom is 0.0939 e. The molecule has 0 unspecified atom stereocenters. The number of hydrogen-bond donors (Lipinski definition) is 1. The summed E-state index contributed by atoms with van der Waals surface area (Å²) in [5, 5.41) is 3.16. The zero-order chi connectivity index (χ0) is 9.03. The van der Waals surface area contributed by atoms with E-state index in [1.807, 2.05) is 19.4 Å². The highest BCUT2D eigenvalue weighted by molar-refractivity contribution is 5.17. The van der Waals surface area contributed by atoms with Gasteiger partial charge in [0.25, 0.3) is 0 Å². The van der Waals surface area contributed by atoms with Crippen molar-refractivity contribution in [1.82, 2.24) is 5.32 Å². The summed E-state index contributed by atoms with van der Waals surface area (Å²) in [6.45, 7) is 5.50. The third-order valence-electron chi connectivity index (χ3n) is 2.30. The van der Waals surface area contributed by atoms with E-state index in [1.165, 1.54) is 5.56 Å². The minimum atomic E-state index is 0.218. The molecule has 0 fully saturated rings. The maximum atomic E-state index is 5.06. The average molecular weight is 167 g/mol. The van der Waals surface area contributed by atoms with Gasteiger partial charge in [-0.25, -0.2) is 0 Å². The Morgan fingerprint density at radius 2 is 2.25 bits per heavy atom. The molecule has 0 radical (unpaired) electrons. The maximum absolute atomic E-state index is 5.06. The summed E-state index contributed by atoms with van der Waals surface area (Å²) in [4.78, 5) is 0. The molecule has 0 saturated heterocycles. The van der Waals surface area contributed by atoms with E-state index in [0.717, 1.165) is 13.0 Å². The molecular weight excluding hydrogens is 150 g/mol. The first-order valence-corrected chi connectivity index (χ1v) is 4.34. The fraction of sp³-hybridized carbons (Fsp3) is 0.600. The van der Waals surface area contributed by atoms with Gasteiger partial charge in [-0.05, 0) is 37.1 Å². The fourth-order valence-corrected chi connectivity index (χ4v) is 1.23. The summed E-state index contributed by atoms with van der Waals surface area (Å²) < 4.78 is 5.06. The molecule has 0 aliphatic carbocycles. The van der Waals surface area contributed by atoms with Crippen molar-refractivity contribution in [3.05, 3.63) is 24.2 Å². The lowest BCUT2D eigenvalue weighted by Gasteiger charge is -2.22. The molecule has 0 atom stereocenters. The molecule has 1 rings (SSSR count). The normalized spacial score (nSPS) is 11.9. The molecule has 1 aromatic heterocycles. The molecule has 2 nitrogen and oxygen atoms in total. The van der Waals surface area contributed by atoms with Gasteiger partial charge < -0.3 is 9.73 Å². The molecule has 12 heavy (non-hydrogen) atoms. The molecule has 0 amide bonds. The van der Waals surface area contributed by atoms with Crippen molar-refractivity contribution in [3.8, 4) is 0 Å². The molecule has 1 aromatic rings. The Balaban J connectivity index is 2.59. The van der Waals surface area contributed by atoms with Crippen LogP contribution in [-0.2, 0) is 5.41 Å². The van der Waals surface area contributed by atoms with Crippen LogP contribution in [0.25, 0.3) is 0 Å². The number of furan rings is 1. The Hall–Kier alpha value is -0.760. The third kappa shape index (κ3) is 2.11. The minimum Gasteiger partial charge on any atom is -0.472 e. The van der Waals surface area contributed by atoms with Crippen molar-refractivity contribution >= 4 is 0 Å². The summed E-state index contributed by atoms with van der Waals surface area (Å²) in [6, 6.07) is 2.04. The Kier molecular flexibility index (Phi) is 2.93. The van der Waals surface area contributed by atoms with Crippen molar-refractivity contribution < 1.29 is 4.42 Å². The molecule has 0 aliphatic heterocycles. The van der Waals surface area contributed by atoms with Gasteiger partial charge in [0.05, 0.1) is 12.5 Å². The van der Waals surface area contributed by atoms with Crippen LogP contribution in [0.1, 0.15) is 25.8 Å². The number of hydrogen-bond acceptors (Lipinski definition) is 2. The van der Waals surface area contributed by atoms with E-state index >= 15 is 0 Å². The van der Waals surface area contributed by atoms with Gasteiger partial charge in [-0.2, -0.15) is 0 Å². The van der Waals surface area contributed by atoms with Gasteiger partial charge in [-0.1, -0.05) is 13.8 Å². The van der Waals surface area contributed by atoms with Gasteiger partial charge in [0, 0.05) is 0 Å². The van der Waals surface area contributed by atoms with Crippen LogP contribution in [0.5, 0.6) is 0 Å². The van der Waals surface area contributed by atoms with E-state index in [-0.39, 0.29) is 5.41 Å². The molecule has 1 N–H and O–H groups in total. The van der Waals surface area contributed by atoms with Crippen molar-refractivity contribution in [1.29, 1.82) is 0 Å². The van der Waals surface area contributed by atoms with Crippen molar-refractivity contribution in [2.45, 2.75) is 25.7 Å². The fourth-order valence-electron chi connectivity index (χ4n) is 1.23. The monoisotopic (exact) mass is 167 g/mol. The Morgan fingerprint density at radius 1 is 1.50 bits per heavy atom. The van der Waals surface area contributed by atoms with E-state index in [2.05, 4.69) is 19.2 Å². The second kappa shape index (κ2) is 3.76. The zero-order valence-corrected chi connectivity index (χ0v) is 8.05. The summed E-state index contributed by atoms with van der Waals surface area (Å²) in [5.74, 6) is 0. The van der Waals surface area contributed by atoms with Crippen LogP contribution in [-0.4, -0.2) is 13.6 Å². The summed E-state index contributed by atoms with van der Waals surface area (Å²) in [6.07, 6.45) is 4.69. The molecular formula is C10H17NO. The number of nitrogens with one attached hydrogen (secondary N) is 1. The first-order chi connectivity index (χ1) is 5.67. The highest BCUT2D eigenvalue weighted by Crippen LogP contribution is 2.26. The van der Waals surface area contributed by atoms with Gasteiger partial charge in [-0.3, -0.25) is 0 Å². The van der Waals surface area contributed by atoms with Crippen LogP contribution < -0.4 is 5.32 Å². The number of rotatable bonds is 4. The van der Waals surface area contributed by atoms with Gasteiger partial charge in [0.15, 0.2) is 0 Å². The summed E-state index contributed by atoms with van der Waals surface area (Å²) >= 11 is 0. The molecule has 0 spiro atoms. The molecule has 0 aliphatic rings. The van der Waals surface area contributed by atoms with E-state index in [0.29, 0.717) is 0 Å². The van der Waals surface area contributed by atoms with Crippen molar-refractivity contribution in [2.75, 3.05) is 13.6 Å². The van der Waals surface area contributed by atoms with Gasteiger partial charge >= 0.3 is 0 Å². The van der Waals surface area contributed by atoms with Gasteiger partial charge in [0.2, 0.25) is 0 Å². The van der Waals surface area contributed by atoms with E-state index in [1.54, 1.807) is 6.26 Å². The molecule has 0 aromatic carbocycles. The summed E-state index contributed by atoms with van der Waals surface area (Å²) in [5.41, 5.74) is 1.49. The largest absolute Gasteiger partial charge is 0.472 e. The molecule has 1 heterocycles. The Bertz CT molecular complexity index is 214. The van der Waals surface area contributed by atoms with E-state index < -0.39 is 0 Å². The molecule has 68 valence electrons. The first kappa shape index (κ1) is 9.33. The predicted octanol–water partition coefficient (Wildman–Crippen LogP) is 2.17. The molecule has 2 heteroatoms.